The minimum Gasteiger partial charge on any atom is -0.472 e. The second-order valence-electron chi connectivity index (χ2n) is 7.49. The molecule has 0 spiro atoms. The lowest BCUT2D eigenvalue weighted by molar-refractivity contribution is -0.103. The number of hydrogen-bond acceptors (Lipinski definition) is 6. The molecule has 2 rings (SSSR count). The number of rotatable bonds is 10. The van der Waals surface area contributed by atoms with Gasteiger partial charge in [-0.15, -0.1) is 5.10 Å². The second kappa shape index (κ2) is 10.8. The molecule has 0 radical (unpaired) electrons. The quantitative estimate of drug-likeness (QED) is 0.465. The van der Waals surface area contributed by atoms with Crippen LogP contribution in [-0.2, 0) is 22.6 Å². The highest BCUT2D eigenvalue weighted by molar-refractivity contribution is 5.67. The van der Waals surface area contributed by atoms with E-state index < -0.39 is 18.0 Å². The molecule has 8 heteroatoms. The molecule has 0 aliphatic rings. The lowest BCUT2D eigenvalue weighted by Crippen LogP contribution is -2.33. The SMILES string of the molecule is CCOC(O)c1cc(OCc2ccccc2)nn1CCCNC(=O)OC(C)(C)C. The first kappa shape index (κ1) is 22.7. The molecule has 0 aliphatic heterocycles. The van der Waals surface area contributed by atoms with E-state index in [2.05, 4.69) is 10.4 Å². The summed E-state index contributed by atoms with van der Waals surface area (Å²) in [4.78, 5) is 11.7. The minimum absolute atomic E-state index is 0.368. The van der Waals surface area contributed by atoms with Gasteiger partial charge in [-0.3, -0.25) is 4.68 Å². The maximum Gasteiger partial charge on any atom is 0.407 e. The van der Waals surface area contributed by atoms with Crippen molar-refractivity contribution in [2.24, 2.45) is 0 Å². The van der Waals surface area contributed by atoms with Gasteiger partial charge in [0.2, 0.25) is 5.88 Å². The van der Waals surface area contributed by atoms with Gasteiger partial charge in [-0.25, -0.2) is 4.79 Å². The minimum atomic E-state index is -1.10. The molecule has 1 aromatic heterocycles. The van der Waals surface area contributed by atoms with Crippen LogP contribution in [0.2, 0.25) is 0 Å². The predicted octanol–water partition coefficient (Wildman–Crippen LogP) is 3.40. The summed E-state index contributed by atoms with van der Waals surface area (Å²) >= 11 is 0. The Morgan fingerprint density at radius 3 is 2.66 bits per heavy atom. The van der Waals surface area contributed by atoms with Crippen LogP contribution in [0.3, 0.4) is 0 Å². The molecule has 0 saturated heterocycles. The number of carbonyl (C=O) groups excluding carboxylic acids is 1. The van der Waals surface area contributed by atoms with Gasteiger partial charge >= 0.3 is 6.09 Å². The van der Waals surface area contributed by atoms with E-state index in [1.807, 2.05) is 58.0 Å². The molecule has 160 valence electrons. The van der Waals surface area contributed by atoms with Gasteiger partial charge in [0, 0.05) is 25.8 Å². The van der Waals surface area contributed by atoms with Crippen LogP contribution in [0.15, 0.2) is 36.4 Å². The third-order valence-electron chi connectivity index (χ3n) is 3.81. The zero-order chi connectivity index (χ0) is 21.3. The topological polar surface area (TPSA) is 94.8 Å². The number of amides is 1. The molecule has 0 aliphatic carbocycles. The molecule has 29 heavy (non-hydrogen) atoms. The fourth-order valence-corrected chi connectivity index (χ4v) is 2.56. The molecule has 2 N–H and O–H groups in total. The van der Waals surface area contributed by atoms with E-state index >= 15 is 0 Å². The summed E-state index contributed by atoms with van der Waals surface area (Å²) in [6.45, 7) is 8.89. The third kappa shape index (κ3) is 8.13. The Kier molecular flexibility index (Phi) is 8.48. The largest absolute Gasteiger partial charge is 0.472 e. The number of aliphatic hydroxyl groups excluding tert-OH is 1. The van der Waals surface area contributed by atoms with Gasteiger partial charge in [-0.1, -0.05) is 30.3 Å². The summed E-state index contributed by atoms with van der Waals surface area (Å²) in [5.74, 6) is 0.405. The van der Waals surface area contributed by atoms with E-state index in [9.17, 15) is 9.90 Å². The third-order valence-corrected chi connectivity index (χ3v) is 3.81. The number of aromatic nitrogens is 2. The lowest BCUT2D eigenvalue weighted by Gasteiger charge is -2.19. The van der Waals surface area contributed by atoms with Gasteiger partial charge in [-0.2, -0.15) is 0 Å². The van der Waals surface area contributed by atoms with Crippen molar-refractivity contribution in [2.45, 2.75) is 59.2 Å². The average Bonchev–Trinajstić information content (AvgIpc) is 3.06. The molecule has 1 atom stereocenters. The van der Waals surface area contributed by atoms with Crippen molar-refractivity contribution in [2.75, 3.05) is 13.2 Å². The Bertz CT molecular complexity index is 755. The molecule has 1 aromatic carbocycles. The number of benzene rings is 1. The van der Waals surface area contributed by atoms with E-state index in [-0.39, 0.29) is 0 Å². The summed E-state index contributed by atoms with van der Waals surface area (Å²) in [5, 5.41) is 17.4. The number of aliphatic hydroxyl groups is 1. The van der Waals surface area contributed by atoms with Crippen LogP contribution in [0, 0.1) is 0 Å². The maximum atomic E-state index is 11.7. The van der Waals surface area contributed by atoms with E-state index in [0.29, 0.717) is 44.3 Å². The highest BCUT2D eigenvalue weighted by Gasteiger charge is 2.18. The Morgan fingerprint density at radius 2 is 2.00 bits per heavy atom. The van der Waals surface area contributed by atoms with Gasteiger partial charge in [0.1, 0.15) is 12.2 Å². The Balaban J connectivity index is 1.93. The zero-order valence-corrected chi connectivity index (χ0v) is 17.6. The maximum absolute atomic E-state index is 11.7. The van der Waals surface area contributed by atoms with Crippen LogP contribution < -0.4 is 10.1 Å². The van der Waals surface area contributed by atoms with Gasteiger partial charge in [0.25, 0.3) is 0 Å². The van der Waals surface area contributed by atoms with Crippen molar-refractivity contribution in [3.63, 3.8) is 0 Å². The smallest absolute Gasteiger partial charge is 0.407 e. The number of nitrogens with one attached hydrogen (secondary N) is 1. The number of hydrogen-bond donors (Lipinski definition) is 2. The van der Waals surface area contributed by atoms with Crippen molar-refractivity contribution in [1.82, 2.24) is 15.1 Å². The summed E-state index contributed by atoms with van der Waals surface area (Å²) in [6.07, 6.45) is -0.954. The highest BCUT2D eigenvalue weighted by atomic mass is 16.6. The van der Waals surface area contributed by atoms with Crippen LogP contribution in [0.25, 0.3) is 0 Å². The first-order valence-corrected chi connectivity index (χ1v) is 9.79. The van der Waals surface area contributed by atoms with Crippen LogP contribution in [0.5, 0.6) is 5.88 Å². The van der Waals surface area contributed by atoms with Crippen molar-refractivity contribution in [1.29, 1.82) is 0 Å². The average molecular weight is 405 g/mol. The van der Waals surface area contributed by atoms with Gasteiger partial charge in [-0.05, 0) is 39.7 Å². The van der Waals surface area contributed by atoms with E-state index in [0.717, 1.165) is 5.56 Å². The van der Waals surface area contributed by atoms with E-state index in [1.54, 1.807) is 10.7 Å². The fraction of sp³-hybridized carbons (Fsp3) is 0.524. The Hall–Kier alpha value is -2.58. The van der Waals surface area contributed by atoms with Crippen molar-refractivity contribution in [3.8, 4) is 5.88 Å². The summed E-state index contributed by atoms with van der Waals surface area (Å²) in [7, 11) is 0. The summed E-state index contributed by atoms with van der Waals surface area (Å²) < 4.78 is 17.9. The van der Waals surface area contributed by atoms with Gasteiger partial charge < -0.3 is 24.6 Å². The normalized spacial score (nSPS) is 12.4. The predicted molar refractivity (Wildman–Crippen MR) is 108 cm³/mol. The monoisotopic (exact) mass is 405 g/mol. The van der Waals surface area contributed by atoms with Gasteiger partial charge in [0.05, 0.1) is 5.69 Å². The van der Waals surface area contributed by atoms with E-state index in [1.165, 1.54) is 0 Å². The molecule has 1 amide bonds. The highest BCUT2D eigenvalue weighted by Crippen LogP contribution is 2.21. The molecule has 0 fully saturated rings. The number of carbonyl (C=O) groups is 1. The number of alkyl carbamates (subject to hydrolysis) is 1. The molecule has 0 saturated carbocycles. The molecular formula is C21H31N3O5. The summed E-state index contributed by atoms with van der Waals surface area (Å²) in [6, 6.07) is 11.4. The van der Waals surface area contributed by atoms with Crippen LogP contribution in [0.4, 0.5) is 4.79 Å². The number of nitrogens with zero attached hydrogens (tertiary/aromatic N) is 2. The van der Waals surface area contributed by atoms with E-state index in [4.69, 9.17) is 14.2 Å². The summed E-state index contributed by atoms with van der Waals surface area (Å²) in [5.41, 5.74) is 0.994. The number of ether oxygens (including phenoxy) is 3. The first-order valence-electron chi connectivity index (χ1n) is 9.79. The molecule has 2 aromatic rings. The first-order chi connectivity index (χ1) is 13.8. The lowest BCUT2D eigenvalue weighted by atomic mass is 10.2. The standard InChI is InChI=1S/C21H31N3O5/c1-5-27-19(25)17-14-18(28-15-16-10-7-6-8-11-16)23-24(17)13-9-12-22-20(26)29-21(2,3)4/h6-8,10-11,14,19,25H,5,9,12-13,15H2,1-4H3,(H,22,26). The van der Waals surface area contributed by atoms with Gasteiger partial charge in [0.15, 0.2) is 6.29 Å². The molecule has 0 bridgehead atoms. The molecule has 1 heterocycles. The van der Waals surface area contributed by atoms with Crippen molar-refractivity contribution >= 4 is 6.09 Å². The molecular weight excluding hydrogens is 374 g/mol. The fourth-order valence-electron chi connectivity index (χ4n) is 2.56. The van der Waals surface area contributed by atoms with Crippen LogP contribution in [-0.4, -0.2) is 39.7 Å². The van der Waals surface area contributed by atoms with Crippen molar-refractivity contribution in [3.05, 3.63) is 47.7 Å². The number of aryl methyl sites for hydroxylation is 1. The van der Waals surface area contributed by atoms with Crippen molar-refractivity contribution < 1.29 is 24.1 Å². The Morgan fingerprint density at radius 1 is 1.28 bits per heavy atom. The molecule has 8 nitrogen and oxygen atoms in total. The molecule has 1 unspecified atom stereocenters. The zero-order valence-electron chi connectivity index (χ0n) is 17.6. The second-order valence-corrected chi connectivity index (χ2v) is 7.49. The van der Waals surface area contributed by atoms with Crippen LogP contribution in [0.1, 0.15) is 51.7 Å². The van der Waals surface area contributed by atoms with Crippen LogP contribution >= 0.6 is 0 Å². The Labute approximate surface area is 171 Å².